The van der Waals surface area contributed by atoms with Crippen molar-refractivity contribution in [1.82, 2.24) is 0 Å². The number of ether oxygens (including phenoxy) is 1. The van der Waals surface area contributed by atoms with E-state index in [0.717, 1.165) is 0 Å². The monoisotopic (exact) mass is 376 g/mol. The number of carbonyl (C=O) groups is 1. The zero-order valence-corrected chi connectivity index (χ0v) is 12.5. The molecule has 0 aliphatic carbocycles. The van der Waals surface area contributed by atoms with Gasteiger partial charge in [0.15, 0.2) is 0 Å². The molecule has 0 atom stereocenters. The van der Waals surface area contributed by atoms with Crippen molar-refractivity contribution in [1.29, 1.82) is 0 Å². The van der Waals surface area contributed by atoms with Gasteiger partial charge in [0.05, 0.1) is 0 Å². The van der Waals surface area contributed by atoms with Crippen molar-refractivity contribution in [2.45, 2.75) is 30.6 Å². The molecule has 0 aromatic heterocycles. The minimum absolute atomic E-state index is 0.0205. The van der Waals surface area contributed by atoms with E-state index in [1.165, 1.54) is 24.3 Å². The Morgan fingerprint density at radius 1 is 1.17 bits per heavy atom. The van der Waals surface area contributed by atoms with Crippen LogP contribution in [0.5, 0.6) is 0 Å². The zero-order chi connectivity index (χ0) is 14.0. The molecule has 0 unspecified atom stereocenters. The molecule has 100 valence electrons. The number of halogens is 3. The van der Waals surface area contributed by atoms with Crippen molar-refractivity contribution in [2.24, 2.45) is 0 Å². The van der Waals surface area contributed by atoms with Crippen molar-refractivity contribution in [3.8, 4) is 0 Å². The summed E-state index contributed by atoms with van der Waals surface area (Å²) in [6, 6.07) is 5.75. The predicted molar refractivity (Wildman–Crippen MR) is 63.1 cm³/mol. The van der Waals surface area contributed by atoms with Crippen molar-refractivity contribution < 1.29 is 22.7 Å². The fourth-order valence-corrected chi connectivity index (χ4v) is 3.06. The van der Waals surface area contributed by atoms with Crippen LogP contribution in [0, 0.1) is 0 Å². The van der Waals surface area contributed by atoms with Gasteiger partial charge in [-0.25, -0.2) is 0 Å². The summed E-state index contributed by atoms with van der Waals surface area (Å²) in [5.41, 5.74) is -0.699. The van der Waals surface area contributed by atoms with E-state index in [0.29, 0.717) is 0 Å². The van der Waals surface area contributed by atoms with E-state index in [-0.39, 0.29) is 9.17 Å². The summed E-state index contributed by atoms with van der Waals surface area (Å²) >= 11 is -2.41. The van der Waals surface area contributed by atoms with Crippen LogP contribution in [0.3, 0.4) is 0 Å². The first-order chi connectivity index (χ1) is 8.08. The molecule has 0 radical (unpaired) electrons. The summed E-state index contributed by atoms with van der Waals surface area (Å²) in [4.78, 5) is 11.8. The average molecular weight is 374 g/mol. The van der Waals surface area contributed by atoms with Crippen LogP contribution >= 0.6 is 0 Å². The van der Waals surface area contributed by atoms with Crippen LogP contribution in [0.25, 0.3) is 0 Å². The normalized spacial score (nSPS) is 12.3. The van der Waals surface area contributed by atoms with Crippen LogP contribution in [-0.2, 0) is 4.74 Å². The summed E-state index contributed by atoms with van der Waals surface area (Å²) in [6.45, 7) is 5.02. The van der Waals surface area contributed by atoms with Crippen LogP contribution < -0.4 is 3.61 Å². The quantitative estimate of drug-likeness (QED) is 0.588. The third-order valence-corrected chi connectivity index (χ3v) is 4.04. The van der Waals surface area contributed by atoms with E-state index in [1.54, 1.807) is 20.8 Å². The van der Waals surface area contributed by atoms with Crippen molar-refractivity contribution in [3.63, 3.8) is 0 Å². The van der Waals surface area contributed by atoms with Gasteiger partial charge >= 0.3 is 114 Å². The number of hydrogen-bond donors (Lipinski definition) is 0. The fourth-order valence-electron chi connectivity index (χ4n) is 1.18. The molecule has 0 bridgehead atoms. The van der Waals surface area contributed by atoms with Gasteiger partial charge < -0.3 is 0 Å². The number of rotatable bonds is 2. The molecule has 1 rings (SSSR count). The second kappa shape index (κ2) is 5.50. The first kappa shape index (κ1) is 15.3. The third-order valence-electron chi connectivity index (χ3n) is 1.73. The summed E-state index contributed by atoms with van der Waals surface area (Å²) in [5.74, 6) is -0.701. The van der Waals surface area contributed by atoms with Gasteiger partial charge in [-0.3, -0.25) is 0 Å². The summed E-state index contributed by atoms with van der Waals surface area (Å²) in [5, 5.41) is 0. The Kier molecular flexibility index (Phi) is 4.68. The zero-order valence-electron chi connectivity index (χ0n) is 10.2. The van der Waals surface area contributed by atoms with E-state index in [4.69, 9.17) is 4.74 Å². The molecule has 6 heteroatoms. The summed E-state index contributed by atoms with van der Waals surface area (Å²) < 4.78 is 38.2. The molecule has 0 spiro atoms. The minimum atomic E-state index is -4.22. The topological polar surface area (TPSA) is 26.3 Å². The fraction of sp³-hybridized carbons (Fsp3) is 0.417. The molecule has 0 aliphatic rings. The van der Waals surface area contributed by atoms with Crippen LogP contribution in [0.2, 0.25) is 0 Å². The summed E-state index contributed by atoms with van der Waals surface area (Å²) in [6.07, 6.45) is 0. The van der Waals surface area contributed by atoms with Gasteiger partial charge in [0.25, 0.3) is 0 Å². The molecule has 0 heterocycles. The molecule has 18 heavy (non-hydrogen) atoms. The number of benzene rings is 1. The first-order valence-corrected chi connectivity index (χ1v) is 7.50. The van der Waals surface area contributed by atoms with Gasteiger partial charge in [-0.15, -0.1) is 0 Å². The Bertz CT molecular complexity index is 436. The first-order valence-electron chi connectivity index (χ1n) is 5.16. The Morgan fingerprint density at radius 2 is 1.72 bits per heavy atom. The van der Waals surface area contributed by atoms with E-state index < -0.39 is 36.7 Å². The van der Waals surface area contributed by atoms with Crippen molar-refractivity contribution >= 4 is 30.5 Å². The summed E-state index contributed by atoms with van der Waals surface area (Å²) in [7, 11) is 0. The molecule has 1 aromatic rings. The van der Waals surface area contributed by atoms with E-state index in [1.807, 2.05) is 0 Å². The predicted octanol–water partition coefficient (Wildman–Crippen LogP) is 2.49. The average Bonchev–Trinajstić information content (AvgIpc) is 2.12. The second-order valence-corrected chi connectivity index (χ2v) is 7.70. The third kappa shape index (κ3) is 5.28. The van der Waals surface area contributed by atoms with Crippen LogP contribution in [-0.4, -0.2) is 36.7 Å². The Morgan fingerprint density at radius 3 is 2.22 bits per heavy atom. The molecule has 0 saturated heterocycles. The number of esters is 1. The van der Waals surface area contributed by atoms with Crippen LogP contribution in [0.1, 0.15) is 31.1 Å². The molecular weight excluding hydrogens is 361 g/mol. The van der Waals surface area contributed by atoms with Gasteiger partial charge in [0.2, 0.25) is 0 Å². The molecule has 0 aliphatic heterocycles. The molecular formula is C12H13F3O2Te. The Balaban J connectivity index is 2.99. The number of carbonyl (C=O) groups excluding carboxylic acids is 1. The number of alkyl halides is 3. The van der Waals surface area contributed by atoms with Crippen LogP contribution in [0.15, 0.2) is 24.3 Å². The molecule has 0 amide bonds. The van der Waals surface area contributed by atoms with Crippen molar-refractivity contribution in [3.05, 3.63) is 29.8 Å². The molecule has 0 N–H and O–H groups in total. The standard InChI is InChI=1S/C12H13F3O2Te/c1-11(2,3)17-10(16)8-6-4-5-7-9(8)18-12(13,14)15/h4-7H,1-3H3. The molecule has 2 nitrogen and oxygen atoms in total. The maximum atomic E-state index is 12.4. The molecule has 0 saturated carbocycles. The van der Waals surface area contributed by atoms with Gasteiger partial charge in [-0.05, 0) is 0 Å². The maximum absolute atomic E-state index is 12.4. The molecule has 0 fully saturated rings. The van der Waals surface area contributed by atoms with E-state index >= 15 is 0 Å². The van der Waals surface area contributed by atoms with Gasteiger partial charge in [0, 0.05) is 0 Å². The molecule has 1 aromatic carbocycles. The van der Waals surface area contributed by atoms with E-state index in [2.05, 4.69) is 0 Å². The van der Waals surface area contributed by atoms with Gasteiger partial charge in [-0.2, -0.15) is 0 Å². The van der Waals surface area contributed by atoms with E-state index in [9.17, 15) is 18.0 Å². The van der Waals surface area contributed by atoms with Gasteiger partial charge in [-0.1, -0.05) is 0 Å². The Hall–Kier alpha value is -0.730. The Labute approximate surface area is 114 Å². The second-order valence-electron chi connectivity index (χ2n) is 4.55. The van der Waals surface area contributed by atoms with Crippen LogP contribution in [0.4, 0.5) is 13.2 Å². The van der Waals surface area contributed by atoms with Gasteiger partial charge in [0.1, 0.15) is 0 Å². The van der Waals surface area contributed by atoms with Crippen molar-refractivity contribution in [2.75, 3.05) is 0 Å². The SMILES string of the molecule is CC(C)(C)OC(=O)c1ccccc1[Te]C(F)(F)F. The number of hydrogen-bond acceptors (Lipinski definition) is 2.